The van der Waals surface area contributed by atoms with Crippen molar-refractivity contribution in [2.24, 2.45) is 0 Å². The van der Waals surface area contributed by atoms with Crippen LogP contribution in [0.15, 0.2) is 67.0 Å². The SMILES string of the molecule is Clc1ccc2ccn(Cc3ccnc4ccccc34)c2c1. The number of hydrogen-bond acceptors (Lipinski definition) is 1. The number of aromatic nitrogens is 2. The predicted molar refractivity (Wildman–Crippen MR) is 87.8 cm³/mol. The van der Waals surface area contributed by atoms with Crippen LogP contribution in [0.5, 0.6) is 0 Å². The van der Waals surface area contributed by atoms with Crippen molar-refractivity contribution in [1.29, 1.82) is 0 Å². The molecule has 3 heteroatoms. The van der Waals surface area contributed by atoms with Gasteiger partial charge in [0.05, 0.1) is 5.52 Å². The first-order valence-electron chi connectivity index (χ1n) is 6.88. The van der Waals surface area contributed by atoms with Crippen LogP contribution in [-0.2, 0) is 6.54 Å². The van der Waals surface area contributed by atoms with Crippen molar-refractivity contribution in [3.63, 3.8) is 0 Å². The van der Waals surface area contributed by atoms with Crippen LogP contribution in [0.4, 0.5) is 0 Å². The molecule has 0 unspecified atom stereocenters. The van der Waals surface area contributed by atoms with Gasteiger partial charge in [0.25, 0.3) is 0 Å². The van der Waals surface area contributed by atoms with Crippen molar-refractivity contribution >= 4 is 33.4 Å². The zero-order valence-corrected chi connectivity index (χ0v) is 12.1. The summed E-state index contributed by atoms with van der Waals surface area (Å²) in [5.74, 6) is 0. The number of nitrogens with zero attached hydrogens (tertiary/aromatic N) is 2. The number of para-hydroxylation sites is 1. The summed E-state index contributed by atoms with van der Waals surface area (Å²) in [4.78, 5) is 4.42. The molecule has 2 nitrogen and oxygen atoms in total. The second kappa shape index (κ2) is 4.90. The molecule has 4 rings (SSSR count). The van der Waals surface area contributed by atoms with Gasteiger partial charge in [0.15, 0.2) is 0 Å². The number of halogens is 1. The molecule has 0 aliphatic carbocycles. The Balaban J connectivity index is 1.85. The number of hydrogen-bond donors (Lipinski definition) is 0. The molecule has 0 saturated heterocycles. The molecule has 0 radical (unpaired) electrons. The van der Waals surface area contributed by atoms with Gasteiger partial charge in [0, 0.05) is 34.9 Å². The van der Waals surface area contributed by atoms with Crippen LogP contribution in [0.2, 0.25) is 5.02 Å². The van der Waals surface area contributed by atoms with Gasteiger partial charge in [-0.15, -0.1) is 0 Å². The standard InChI is InChI=1S/C18H13ClN2/c19-15-6-5-13-8-10-21(18(13)11-15)12-14-7-9-20-17-4-2-1-3-16(14)17/h1-11H,12H2. The molecular formula is C18H13ClN2. The lowest BCUT2D eigenvalue weighted by molar-refractivity contribution is 0.842. The highest BCUT2D eigenvalue weighted by Crippen LogP contribution is 2.23. The third-order valence-corrected chi connectivity index (χ3v) is 4.05. The van der Waals surface area contributed by atoms with Crippen molar-refractivity contribution in [1.82, 2.24) is 9.55 Å². The number of benzene rings is 2. The largest absolute Gasteiger partial charge is 0.343 e. The summed E-state index contributed by atoms with van der Waals surface area (Å²) in [6.45, 7) is 0.812. The van der Waals surface area contributed by atoms with Gasteiger partial charge in [0.1, 0.15) is 0 Å². The van der Waals surface area contributed by atoms with E-state index in [2.05, 4.69) is 46.1 Å². The fraction of sp³-hybridized carbons (Fsp3) is 0.0556. The Hall–Kier alpha value is -2.32. The highest BCUT2D eigenvalue weighted by Gasteiger charge is 2.05. The van der Waals surface area contributed by atoms with Gasteiger partial charge >= 0.3 is 0 Å². The lowest BCUT2D eigenvalue weighted by Gasteiger charge is -2.09. The number of pyridine rings is 1. The fourth-order valence-corrected chi connectivity index (χ4v) is 2.94. The maximum absolute atomic E-state index is 6.12. The summed E-state index contributed by atoms with van der Waals surface area (Å²) < 4.78 is 2.23. The van der Waals surface area contributed by atoms with E-state index >= 15 is 0 Å². The minimum absolute atomic E-state index is 0.766. The van der Waals surface area contributed by atoms with E-state index in [4.69, 9.17) is 11.6 Å². The van der Waals surface area contributed by atoms with Gasteiger partial charge in [-0.1, -0.05) is 35.9 Å². The molecule has 0 aliphatic rings. The fourth-order valence-electron chi connectivity index (χ4n) is 2.77. The van der Waals surface area contributed by atoms with E-state index in [1.807, 2.05) is 30.5 Å². The van der Waals surface area contributed by atoms with Crippen LogP contribution in [0, 0.1) is 0 Å². The Morgan fingerprint density at radius 2 is 1.90 bits per heavy atom. The molecule has 0 bridgehead atoms. The molecule has 0 fully saturated rings. The van der Waals surface area contributed by atoms with Gasteiger partial charge in [0.2, 0.25) is 0 Å². The number of fused-ring (bicyclic) bond motifs is 2. The van der Waals surface area contributed by atoms with Crippen LogP contribution in [-0.4, -0.2) is 9.55 Å². The minimum Gasteiger partial charge on any atom is -0.343 e. The Kier molecular flexibility index (Phi) is 2.90. The first kappa shape index (κ1) is 12.4. The van der Waals surface area contributed by atoms with E-state index in [-0.39, 0.29) is 0 Å². The van der Waals surface area contributed by atoms with E-state index < -0.39 is 0 Å². The molecule has 4 aromatic rings. The van der Waals surface area contributed by atoms with Crippen LogP contribution in [0.3, 0.4) is 0 Å². The van der Waals surface area contributed by atoms with E-state index in [1.54, 1.807) is 0 Å². The van der Waals surface area contributed by atoms with Crippen molar-refractivity contribution < 1.29 is 0 Å². The molecular weight excluding hydrogens is 280 g/mol. The summed E-state index contributed by atoms with van der Waals surface area (Å²) in [6, 6.07) is 18.4. The molecule has 0 amide bonds. The van der Waals surface area contributed by atoms with Crippen LogP contribution < -0.4 is 0 Å². The molecule has 0 atom stereocenters. The Bertz CT molecular complexity index is 935. The summed E-state index contributed by atoms with van der Waals surface area (Å²) >= 11 is 6.12. The van der Waals surface area contributed by atoms with E-state index in [0.29, 0.717) is 0 Å². The van der Waals surface area contributed by atoms with Crippen LogP contribution in [0.25, 0.3) is 21.8 Å². The second-order valence-corrected chi connectivity index (χ2v) is 5.57. The Labute approximate surface area is 127 Å². The molecule has 0 N–H and O–H groups in total. The average molecular weight is 293 g/mol. The van der Waals surface area contributed by atoms with Gasteiger partial charge in [-0.25, -0.2) is 0 Å². The molecule has 2 heterocycles. The van der Waals surface area contributed by atoms with Crippen molar-refractivity contribution in [3.8, 4) is 0 Å². The van der Waals surface area contributed by atoms with Crippen molar-refractivity contribution in [3.05, 3.63) is 77.6 Å². The van der Waals surface area contributed by atoms with Crippen LogP contribution >= 0.6 is 11.6 Å². The molecule has 2 aromatic carbocycles. The molecule has 102 valence electrons. The summed E-state index contributed by atoms with van der Waals surface area (Å²) in [7, 11) is 0. The van der Waals surface area contributed by atoms with E-state index in [1.165, 1.54) is 16.3 Å². The summed E-state index contributed by atoms with van der Waals surface area (Å²) in [6.07, 6.45) is 3.98. The molecule has 0 aliphatic heterocycles. The highest BCUT2D eigenvalue weighted by molar-refractivity contribution is 6.31. The van der Waals surface area contributed by atoms with E-state index in [0.717, 1.165) is 22.6 Å². The summed E-state index contributed by atoms with van der Waals surface area (Å²) in [5, 5.41) is 3.17. The maximum Gasteiger partial charge on any atom is 0.0705 e. The molecule has 2 aromatic heterocycles. The first-order chi connectivity index (χ1) is 10.3. The number of rotatable bonds is 2. The normalized spacial score (nSPS) is 11.3. The second-order valence-electron chi connectivity index (χ2n) is 5.13. The Morgan fingerprint density at radius 3 is 2.86 bits per heavy atom. The molecule has 21 heavy (non-hydrogen) atoms. The zero-order chi connectivity index (χ0) is 14.2. The highest BCUT2D eigenvalue weighted by atomic mass is 35.5. The van der Waals surface area contributed by atoms with E-state index in [9.17, 15) is 0 Å². The van der Waals surface area contributed by atoms with Gasteiger partial charge in [-0.05, 0) is 41.3 Å². The smallest absolute Gasteiger partial charge is 0.0705 e. The lowest BCUT2D eigenvalue weighted by atomic mass is 10.1. The summed E-state index contributed by atoms with van der Waals surface area (Å²) in [5.41, 5.74) is 3.45. The average Bonchev–Trinajstić information content (AvgIpc) is 2.90. The predicted octanol–water partition coefficient (Wildman–Crippen LogP) is 4.89. The quantitative estimate of drug-likeness (QED) is 0.514. The first-order valence-corrected chi connectivity index (χ1v) is 7.26. The Morgan fingerprint density at radius 1 is 1.00 bits per heavy atom. The van der Waals surface area contributed by atoms with Crippen molar-refractivity contribution in [2.45, 2.75) is 6.54 Å². The van der Waals surface area contributed by atoms with Gasteiger partial charge in [-0.3, -0.25) is 4.98 Å². The third kappa shape index (κ3) is 2.18. The topological polar surface area (TPSA) is 17.8 Å². The monoisotopic (exact) mass is 292 g/mol. The molecule has 0 saturated carbocycles. The minimum atomic E-state index is 0.766. The maximum atomic E-state index is 6.12. The van der Waals surface area contributed by atoms with Crippen molar-refractivity contribution in [2.75, 3.05) is 0 Å². The van der Waals surface area contributed by atoms with Crippen LogP contribution in [0.1, 0.15) is 5.56 Å². The zero-order valence-electron chi connectivity index (χ0n) is 11.3. The molecule has 0 spiro atoms. The third-order valence-electron chi connectivity index (χ3n) is 3.82. The van der Waals surface area contributed by atoms with Gasteiger partial charge in [-0.2, -0.15) is 0 Å². The lowest BCUT2D eigenvalue weighted by Crippen LogP contribution is -1.99. The van der Waals surface area contributed by atoms with Gasteiger partial charge < -0.3 is 4.57 Å².